The fourth-order valence-corrected chi connectivity index (χ4v) is 3.28. The van der Waals surface area contributed by atoms with Crippen molar-refractivity contribution < 1.29 is 14.5 Å². The van der Waals surface area contributed by atoms with Crippen LogP contribution in [0.25, 0.3) is 0 Å². The van der Waals surface area contributed by atoms with Crippen LogP contribution in [-0.2, 0) is 9.59 Å². The number of rotatable bonds is 5. The Labute approximate surface area is 125 Å². The molecule has 112 valence electrons. The maximum absolute atomic E-state index is 11.9. The van der Waals surface area contributed by atoms with E-state index in [1.54, 1.807) is 19.1 Å². The molecule has 0 saturated carbocycles. The molecule has 7 nitrogen and oxygen atoms in total. The topological polar surface area (TPSA) is 92.6 Å². The van der Waals surface area contributed by atoms with Crippen LogP contribution in [0.5, 0.6) is 0 Å². The van der Waals surface area contributed by atoms with Crippen LogP contribution in [0, 0.1) is 10.1 Å². The lowest BCUT2D eigenvalue weighted by molar-refractivity contribution is -0.384. The van der Waals surface area contributed by atoms with E-state index in [1.165, 1.54) is 28.8 Å². The third-order valence-corrected chi connectivity index (χ3v) is 4.28. The molecule has 8 heteroatoms. The number of thioether (sulfide) groups is 1. The van der Waals surface area contributed by atoms with Crippen LogP contribution in [-0.4, -0.2) is 40.5 Å². The van der Waals surface area contributed by atoms with Crippen LogP contribution in [0.3, 0.4) is 0 Å². The molecular formula is C13H15N3O4S. The Bertz CT molecular complexity index is 578. The van der Waals surface area contributed by atoms with Gasteiger partial charge in [0, 0.05) is 18.7 Å². The Hall–Kier alpha value is -2.09. The highest BCUT2D eigenvalue weighted by Crippen LogP contribution is 2.39. The predicted molar refractivity (Wildman–Crippen MR) is 78.7 cm³/mol. The maximum atomic E-state index is 11.9. The molecule has 0 spiro atoms. The first-order valence-electron chi connectivity index (χ1n) is 6.45. The van der Waals surface area contributed by atoms with Crippen LogP contribution in [0.2, 0.25) is 0 Å². The van der Waals surface area contributed by atoms with Crippen molar-refractivity contribution in [2.75, 3.05) is 18.8 Å². The summed E-state index contributed by atoms with van der Waals surface area (Å²) in [4.78, 5) is 35.4. The van der Waals surface area contributed by atoms with Gasteiger partial charge in [-0.05, 0) is 12.5 Å². The SMILES string of the molecule is CCNC(=O)CN1C(=O)CS[C@@H]1c1cccc([N+](=O)[O-])c1. The van der Waals surface area contributed by atoms with Crippen molar-refractivity contribution in [1.29, 1.82) is 0 Å². The predicted octanol–water partition coefficient (Wildman–Crippen LogP) is 1.30. The number of non-ortho nitro benzene ring substituents is 1. The molecule has 1 aliphatic heterocycles. The molecule has 1 aliphatic rings. The molecule has 1 aromatic rings. The molecule has 0 unspecified atom stereocenters. The molecule has 1 fully saturated rings. The monoisotopic (exact) mass is 309 g/mol. The molecule has 1 saturated heterocycles. The summed E-state index contributed by atoms with van der Waals surface area (Å²) in [5.41, 5.74) is 0.634. The van der Waals surface area contributed by atoms with Crippen molar-refractivity contribution in [3.63, 3.8) is 0 Å². The van der Waals surface area contributed by atoms with Gasteiger partial charge in [0.25, 0.3) is 5.69 Å². The van der Waals surface area contributed by atoms with Crippen molar-refractivity contribution in [3.05, 3.63) is 39.9 Å². The normalized spacial score (nSPS) is 17.9. The number of hydrogen-bond donors (Lipinski definition) is 1. The third-order valence-electron chi connectivity index (χ3n) is 3.02. The second-order valence-electron chi connectivity index (χ2n) is 4.49. The average molecular weight is 309 g/mol. The average Bonchev–Trinajstić information content (AvgIpc) is 2.81. The van der Waals surface area contributed by atoms with Crippen molar-refractivity contribution in [2.24, 2.45) is 0 Å². The van der Waals surface area contributed by atoms with Crippen LogP contribution in [0.4, 0.5) is 5.69 Å². The highest BCUT2D eigenvalue weighted by atomic mass is 32.2. The first kappa shape index (κ1) is 15.3. The number of nitrogens with one attached hydrogen (secondary N) is 1. The highest BCUT2D eigenvalue weighted by molar-refractivity contribution is 8.00. The van der Waals surface area contributed by atoms with Crippen molar-refractivity contribution >= 4 is 29.3 Å². The number of benzene rings is 1. The van der Waals surface area contributed by atoms with Crippen LogP contribution < -0.4 is 5.32 Å². The van der Waals surface area contributed by atoms with Gasteiger partial charge in [0.1, 0.15) is 11.9 Å². The molecule has 0 aromatic heterocycles. The van der Waals surface area contributed by atoms with Crippen molar-refractivity contribution in [1.82, 2.24) is 10.2 Å². The highest BCUT2D eigenvalue weighted by Gasteiger charge is 2.34. The number of nitro groups is 1. The summed E-state index contributed by atoms with van der Waals surface area (Å²) >= 11 is 1.37. The molecule has 0 aliphatic carbocycles. The van der Waals surface area contributed by atoms with Gasteiger partial charge in [-0.1, -0.05) is 12.1 Å². The lowest BCUT2D eigenvalue weighted by Gasteiger charge is -2.23. The lowest BCUT2D eigenvalue weighted by atomic mass is 10.2. The summed E-state index contributed by atoms with van der Waals surface area (Å²) in [6.07, 6.45) is 0. The van der Waals surface area contributed by atoms with Gasteiger partial charge < -0.3 is 10.2 Å². The maximum Gasteiger partial charge on any atom is 0.269 e. The van der Waals surface area contributed by atoms with Gasteiger partial charge in [0.05, 0.1) is 10.7 Å². The standard InChI is InChI=1S/C13H15N3O4S/c1-2-14-11(17)7-15-12(18)8-21-13(15)9-4-3-5-10(6-9)16(19)20/h3-6,13H,2,7-8H2,1H3,(H,14,17)/t13-/m1/s1. The summed E-state index contributed by atoms with van der Waals surface area (Å²) in [7, 11) is 0. The summed E-state index contributed by atoms with van der Waals surface area (Å²) in [5, 5.41) is 13.1. The zero-order chi connectivity index (χ0) is 15.4. The molecular weight excluding hydrogens is 294 g/mol. The molecule has 2 rings (SSSR count). The van der Waals surface area contributed by atoms with E-state index < -0.39 is 4.92 Å². The van der Waals surface area contributed by atoms with E-state index in [4.69, 9.17) is 0 Å². The molecule has 1 aromatic carbocycles. The summed E-state index contributed by atoms with van der Waals surface area (Å²) < 4.78 is 0. The fourth-order valence-electron chi connectivity index (χ4n) is 2.10. The van der Waals surface area contributed by atoms with E-state index in [2.05, 4.69) is 5.32 Å². The molecule has 0 radical (unpaired) electrons. The Morgan fingerprint density at radius 1 is 1.57 bits per heavy atom. The minimum absolute atomic E-state index is 0.0228. The van der Waals surface area contributed by atoms with E-state index in [9.17, 15) is 19.7 Å². The van der Waals surface area contributed by atoms with Gasteiger partial charge >= 0.3 is 0 Å². The van der Waals surface area contributed by atoms with Gasteiger partial charge in [-0.15, -0.1) is 11.8 Å². The number of nitro benzene ring substituents is 1. The number of likely N-dealkylation sites (N-methyl/N-ethyl adjacent to an activating group) is 1. The Morgan fingerprint density at radius 2 is 2.33 bits per heavy atom. The second kappa shape index (κ2) is 6.57. The largest absolute Gasteiger partial charge is 0.355 e. The summed E-state index contributed by atoms with van der Waals surface area (Å²) in [5.74, 6) is -0.0983. The molecule has 1 atom stereocenters. The number of hydrogen-bond acceptors (Lipinski definition) is 5. The Kier molecular flexibility index (Phi) is 4.79. The molecule has 1 heterocycles. The summed E-state index contributed by atoms with van der Waals surface area (Å²) in [6, 6.07) is 6.16. The Balaban J connectivity index is 2.21. The third kappa shape index (κ3) is 3.52. The van der Waals surface area contributed by atoms with Crippen LogP contribution >= 0.6 is 11.8 Å². The lowest BCUT2D eigenvalue weighted by Crippen LogP contribution is -2.39. The van der Waals surface area contributed by atoms with E-state index in [0.717, 1.165) is 0 Å². The summed E-state index contributed by atoms with van der Waals surface area (Å²) in [6.45, 7) is 2.26. The second-order valence-corrected chi connectivity index (χ2v) is 5.56. The quantitative estimate of drug-likeness (QED) is 0.654. The first-order valence-corrected chi connectivity index (χ1v) is 7.50. The molecule has 21 heavy (non-hydrogen) atoms. The number of carbonyl (C=O) groups excluding carboxylic acids is 2. The van der Waals surface area contributed by atoms with E-state index in [1.807, 2.05) is 0 Å². The molecule has 0 bridgehead atoms. The first-order chi connectivity index (χ1) is 10.0. The van der Waals surface area contributed by atoms with Crippen LogP contribution in [0.1, 0.15) is 17.9 Å². The minimum atomic E-state index is -0.473. The van der Waals surface area contributed by atoms with Gasteiger partial charge in [-0.25, -0.2) is 0 Å². The molecule has 2 amide bonds. The van der Waals surface area contributed by atoms with Crippen molar-refractivity contribution in [2.45, 2.75) is 12.3 Å². The number of amides is 2. The molecule has 1 N–H and O–H groups in total. The smallest absolute Gasteiger partial charge is 0.269 e. The zero-order valence-corrected chi connectivity index (χ0v) is 12.3. The van der Waals surface area contributed by atoms with Crippen molar-refractivity contribution in [3.8, 4) is 0 Å². The van der Waals surface area contributed by atoms with Crippen LogP contribution in [0.15, 0.2) is 24.3 Å². The number of nitrogens with zero attached hydrogens (tertiary/aromatic N) is 2. The van der Waals surface area contributed by atoms with Gasteiger partial charge in [0.2, 0.25) is 11.8 Å². The van der Waals surface area contributed by atoms with Gasteiger partial charge in [-0.2, -0.15) is 0 Å². The van der Waals surface area contributed by atoms with Gasteiger partial charge in [0.15, 0.2) is 0 Å². The minimum Gasteiger partial charge on any atom is -0.355 e. The van der Waals surface area contributed by atoms with E-state index in [0.29, 0.717) is 12.1 Å². The van der Waals surface area contributed by atoms with Gasteiger partial charge in [-0.3, -0.25) is 19.7 Å². The van der Waals surface area contributed by atoms with E-state index >= 15 is 0 Å². The fraction of sp³-hybridized carbons (Fsp3) is 0.385. The van der Waals surface area contributed by atoms with E-state index in [-0.39, 0.29) is 35.2 Å². The zero-order valence-electron chi connectivity index (χ0n) is 11.4. The number of carbonyl (C=O) groups is 2. The Morgan fingerprint density at radius 3 is 3.00 bits per heavy atom.